The summed E-state index contributed by atoms with van der Waals surface area (Å²) in [6.45, 7) is 2.12. The second-order valence-corrected chi connectivity index (χ2v) is 8.35. The Hall–Kier alpha value is -4.60. The number of benzene rings is 2. The van der Waals surface area contributed by atoms with Crippen molar-refractivity contribution in [3.63, 3.8) is 0 Å². The van der Waals surface area contributed by atoms with Gasteiger partial charge in [-0.1, -0.05) is 30.3 Å². The van der Waals surface area contributed by atoms with Gasteiger partial charge in [0.15, 0.2) is 11.5 Å². The fraction of sp³-hybridized carbons (Fsp3) is 0.160. The van der Waals surface area contributed by atoms with Crippen LogP contribution in [0.3, 0.4) is 0 Å². The Labute approximate surface area is 199 Å². The number of nitrogens with one attached hydrogen (secondary N) is 1. The molecule has 1 amide bonds. The molecule has 0 bridgehead atoms. The van der Waals surface area contributed by atoms with Crippen molar-refractivity contribution in [1.29, 1.82) is 0 Å². The van der Waals surface area contributed by atoms with Crippen LogP contribution in [0.15, 0.2) is 67.0 Å². The van der Waals surface area contributed by atoms with Gasteiger partial charge in [-0.2, -0.15) is 14.3 Å². The Morgan fingerprint density at radius 3 is 2.89 bits per heavy atom. The summed E-state index contributed by atoms with van der Waals surface area (Å²) < 4.78 is 22.9. The molecule has 0 spiro atoms. The molecule has 1 N–H and O–H groups in total. The van der Waals surface area contributed by atoms with Crippen LogP contribution < -0.4 is 10.1 Å². The van der Waals surface area contributed by atoms with Gasteiger partial charge in [0.1, 0.15) is 30.3 Å². The molecule has 5 aromatic rings. The number of anilines is 1. The van der Waals surface area contributed by atoms with Gasteiger partial charge >= 0.3 is 0 Å². The van der Waals surface area contributed by atoms with E-state index in [0.717, 1.165) is 22.4 Å². The van der Waals surface area contributed by atoms with E-state index in [1.54, 1.807) is 27.4 Å². The van der Waals surface area contributed by atoms with Gasteiger partial charge in [0.25, 0.3) is 0 Å². The van der Waals surface area contributed by atoms with E-state index in [-0.39, 0.29) is 30.7 Å². The lowest BCUT2D eigenvalue weighted by Gasteiger charge is -2.26. The molecule has 1 aliphatic rings. The van der Waals surface area contributed by atoms with Gasteiger partial charge in [-0.15, -0.1) is 15.3 Å². The minimum absolute atomic E-state index is 0.131. The molecule has 174 valence electrons. The summed E-state index contributed by atoms with van der Waals surface area (Å²) >= 11 is 0. The van der Waals surface area contributed by atoms with Crippen LogP contribution in [0, 0.1) is 12.7 Å². The standard InChI is InChI=1S/C25H20FN7O2/c1-15-24-19(18-7-2-3-8-20(18)35-13-16-5-4-6-17(26)11-16)12-23(34)28-25(24)33(30-15)22-10-9-21-29-27-14-32(21)31-22/h2-11,14,19H,12-13H2,1H3,(H,28,34). The maximum atomic E-state index is 13.6. The van der Waals surface area contributed by atoms with Crippen LogP contribution >= 0.6 is 0 Å². The fourth-order valence-electron chi connectivity index (χ4n) is 4.50. The normalized spacial score (nSPS) is 15.1. The van der Waals surface area contributed by atoms with Crippen LogP contribution in [0.5, 0.6) is 5.75 Å². The molecule has 0 saturated heterocycles. The van der Waals surface area contributed by atoms with Gasteiger partial charge < -0.3 is 10.1 Å². The topological polar surface area (TPSA) is 99.2 Å². The first-order valence-corrected chi connectivity index (χ1v) is 11.1. The number of ether oxygens (including phenoxy) is 1. The van der Waals surface area contributed by atoms with Gasteiger partial charge in [-0.05, 0) is 42.8 Å². The number of carbonyl (C=O) groups excluding carboxylic acids is 1. The molecule has 3 aromatic heterocycles. The number of nitrogens with zero attached hydrogens (tertiary/aromatic N) is 6. The number of halogens is 1. The summed E-state index contributed by atoms with van der Waals surface area (Å²) in [6.07, 6.45) is 1.76. The second-order valence-electron chi connectivity index (χ2n) is 8.35. The number of hydrogen-bond acceptors (Lipinski definition) is 6. The summed E-state index contributed by atoms with van der Waals surface area (Å²) in [5, 5.41) is 20.0. The molecule has 0 aliphatic carbocycles. The highest BCUT2D eigenvalue weighted by Crippen LogP contribution is 2.43. The largest absolute Gasteiger partial charge is 0.489 e. The van der Waals surface area contributed by atoms with Crippen molar-refractivity contribution in [3.8, 4) is 11.6 Å². The van der Waals surface area contributed by atoms with Crippen LogP contribution in [0.1, 0.15) is 34.7 Å². The lowest BCUT2D eigenvalue weighted by molar-refractivity contribution is -0.116. The molecule has 10 heteroatoms. The Morgan fingerprint density at radius 2 is 2.00 bits per heavy atom. The molecule has 6 rings (SSSR count). The smallest absolute Gasteiger partial charge is 0.226 e. The summed E-state index contributed by atoms with van der Waals surface area (Å²) in [5.41, 5.74) is 3.87. The van der Waals surface area contributed by atoms with E-state index in [9.17, 15) is 9.18 Å². The van der Waals surface area contributed by atoms with Crippen molar-refractivity contribution in [2.75, 3.05) is 5.32 Å². The van der Waals surface area contributed by atoms with Gasteiger partial charge in [0.2, 0.25) is 5.91 Å². The van der Waals surface area contributed by atoms with Gasteiger partial charge in [0.05, 0.1) is 5.69 Å². The zero-order valence-corrected chi connectivity index (χ0v) is 18.7. The summed E-state index contributed by atoms with van der Waals surface area (Å²) in [5.74, 6) is 1.03. The number of amides is 1. The molecule has 1 unspecified atom stereocenters. The number of para-hydroxylation sites is 1. The average molecular weight is 469 g/mol. The quantitative estimate of drug-likeness (QED) is 0.420. The van der Waals surface area contributed by atoms with E-state index < -0.39 is 0 Å². The molecule has 0 radical (unpaired) electrons. The van der Waals surface area contributed by atoms with Crippen LogP contribution in [-0.2, 0) is 11.4 Å². The zero-order valence-electron chi connectivity index (χ0n) is 18.7. The maximum absolute atomic E-state index is 13.6. The van der Waals surface area contributed by atoms with Gasteiger partial charge in [-0.3, -0.25) is 4.79 Å². The van der Waals surface area contributed by atoms with E-state index in [0.29, 0.717) is 23.0 Å². The fourth-order valence-corrected chi connectivity index (χ4v) is 4.50. The van der Waals surface area contributed by atoms with Crippen LogP contribution in [0.4, 0.5) is 10.2 Å². The average Bonchev–Trinajstić information content (AvgIpc) is 3.46. The highest BCUT2D eigenvalue weighted by molar-refractivity contribution is 5.95. The lowest BCUT2D eigenvalue weighted by atomic mass is 9.85. The van der Waals surface area contributed by atoms with Crippen molar-refractivity contribution in [3.05, 3.63) is 95.2 Å². The minimum Gasteiger partial charge on any atom is -0.489 e. The Kier molecular flexibility index (Phi) is 4.98. The SMILES string of the molecule is Cc1nn(-c2ccc3nncn3n2)c2c1C(c1ccccc1OCc1cccc(F)c1)CC(=O)N2. The molecule has 4 heterocycles. The lowest BCUT2D eigenvalue weighted by Crippen LogP contribution is -2.25. The third-order valence-electron chi connectivity index (χ3n) is 6.04. The Bertz CT molecular complexity index is 1580. The molecule has 0 saturated carbocycles. The molecule has 9 nitrogen and oxygen atoms in total. The predicted molar refractivity (Wildman–Crippen MR) is 125 cm³/mol. The third kappa shape index (κ3) is 3.78. The van der Waals surface area contributed by atoms with E-state index in [4.69, 9.17) is 9.84 Å². The monoisotopic (exact) mass is 469 g/mol. The first-order valence-electron chi connectivity index (χ1n) is 11.1. The number of carbonyl (C=O) groups is 1. The number of hydrogen-bond donors (Lipinski definition) is 1. The Balaban J connectivity index is 1.39. The molecule has 2 aromatic carbocycles. The number of fused-ring (bicyclic) bond motifs is 2. The molecule has 0 fully saturated rings. The minimum atomic E-state index is -0.311. The first-order chi connectivity index (χ1) is 17.1. The van der Waals surface area contributed by atoms with Gasteiger partial charge in [0, 0.05) is 23.5 Å². The Morgan fingerprint density at radius 1 is 1.11 bits per heavy atom. The van der Waals surface area contributed by atoms with Crippen molar-refractivity contribution < 1.29 is 13.9 Å². The third-order valence-corrected chi connectivity index (χ3v) is 6.04. The number of aryl methyl sites for hydroxylation is 1. The molecular weight excluding hydrogens is 449 g/mol. The van der Waals surface area contributed by atoms with Crippen LogP contribution in [0.25, 0.3) is 11.5 Å². The van der Waals surface area contributed by atoms with Crippen molar-refractivity contribution in [1.82, 2.24) is 29.6 Å². The van der Waals surface area contributed by atoms with E-state index in [1.165, 1.54) is 18.5 Å². The highest BCUT2D eigenvalue weighted by Gasteiger charge is 2.34. The van der Waals surface area contributed by atoms with Crippen molar-refractivity contribution in [2.45, 2.75) is 25.9 Å². The summed E-state index contributed by atoms with van der Waals surface area (Å²) in [6, 6.07) is 17.5. The van der Waals surface area contributed by atoms with E-state index in [2.05, 4.69) is 20.6 Å². The van der Waals surface area contributed by atoms with Crippen molar-refractivity contribution >= 4 is 17.4 Å². The van der Waals surface area contributed by atoms with Crippen molar-refractivity contribution in [2.24, 2.45) is 0 Å². The molecule has 35 heavy (non-hydrogen) atoms. The molecule has 1 atom stereocenters. The summed E-state index contributed by atoms with van der Waals surface area (Å²) in [7, 11) is 0. The van der Waals surface area contributed by atoms with E-state index >= 15 is 0 Å². The summed E-state index contributed by atoms with van der Waals surface area (Å²) in [4.78, 5) is 12.8. The highest BCUT2D eigenvalue weighted by atomic mass is 19.1. The molecule has 1 aliphatic heterocycles. The number of rotatable bonds is 5. The van der Waals surface area contributed by atoms with Gasteiger partial charge in [-0.25, -0.2) is 4.39 Å². The first kappa shape index (κ1) is 21.0. The predicted octanol–water partition coefficient (Wildman–Crippen LogP) is 3.81. The van der Waals surface area contributed by atoms with E-state index in [1.807, 2.05) is 37.3 Å². The maximum Gasteiger partial charge on any atom is 0.226 e. The zero-order chi connectivity index (χ0) is 23.9. The van der Waals surface area contributed by atoms with Crippen LogP contribution in [0.2, 0.25) is 0 Å². The number of aromatic nitrogens is 6. The van der Waals surface area contributed by atoms with Crippen LogP contribution in [-0.4, -0.2) is 35.5 Å². The second kappa shape index (κ2) is 8.32. The molecular formula is C25H20FN7O2.